The summed E-state index contributed by atoms with van der Waals surface area (Å²) < 4.78 is 6.21. The van der Waals surface area contributed by atoms with Crippen LogP contribution in [-0.2, 0) is 14.3 Å². The zero-order valence-corrected chi connectivity index (χ0v) is 18.3. The van der Waals surface area contributed by atoms with E-state index in [1.807, 2.05) is 43.3 Å². The Kier molecular flexibility index (Phi) is 5.11. The zero-order chi connectivity index (χ0) is 20.9. The highest BCUT2D eigenvalue weighted by atomic mass is 16.5. The molecule has 0 aromatic heterocycles. The van der Waals surface area contributed by atoms with Crippen LogP contribution in [0.2, 0.25) is 0 Å². The number of carbonyl (C=O) groups excluding carboxylic acids is 2. The molecule has 7 atom stereocenters. The number of ketones is 1. The zero-order valence-electron chi connectivity index (χ0n) is 18.3. The average molecular weight is 407 g/mol. The Morgan fingerprint density at radius 3 is 2.63 bits per heavy atom. The van der Waals surface area contributed by atoms with Crippen LogP contribution in [0.5, 0.6) is 0 Å². The van der Waals surface area contributed by atoms with Crippen LogP contribution < -0.4 is 0 Å². The molecule has 0 N–H and O–H groups in total. The second-order valence-corrected chi connectivity index (χ2v) is 10.5. The second kappa shape index (κ2) is 7.66. The molecule has 160 valence electrons. The third-order valence-electron chi connectivity index (χ3n) is 9.12. The summed E-state index contributed by atoms with van der Waals surface area (Å²) in [5.74, 6) is 2.79. The fourth-order valence-electron chi connectivity index (χ4n) is 7.45. The molecular weight excluding hydrogens is 372 g/mol. The van der Waals surface area contributed by atoms with Gasteiger partial charge in [-0.05, 0) is 87.2 Å². The lowest BCUT2D eigenvalue weighted by Gasteiger charge is -2.53. The molecule has 4 aliphatic rings. The molecule has 1 unspecified atom stereocenters. The largest absolute Gasteiger partial charge is 0.461 e. The number of carbonyl (C=O) groups is 2. The first-order valence-corrected chi connectivity index (χ1v) is 12.0. The third kappa shape index (κ3) is 3.25. The summed E-state index contributed by atoms with van der Waals surface area (Å²) in [4.78, 5) is 24.8. The molecule has 0 aliphatic heterocycles. The third-order valence-corrected chi connectivity index (χ3v) is 9.12. The summed E-state index contributed by atoms with van der Waals surface area (Å²) in [7, 11) is 0. The minimum absolute atomic E-state index is 0.0481. The number of fused-ring (bicyclic) bond motifs is 5. The standard InChI is InChI=1S/C27H34O3/c1-17(18-6-4-3-5-7-18)26(29)30-25-13-12-24-23-10-8-19-16-20(28)9-11-21(19)22(23)14-15-27(24,25)2/h3-7,16-17,21-25H,8-15H2,1-2H3/t17?,21-,22+,23+,24-,25-,27-/m0/s1. The van der Waals surface area contributed by atoms with Gasteiger partial charge in [-0.3, -0.25) is 9.59 Å². The van der Waals surface area contributed by atoms with Crippen LogP contribution in [0.15, 0.2) is 42.0 Å². The maximum absolute atomic E-state index is 13.0. The predicted octanol–water partition coefficient (Wildman–Crippen LogP) is 5.84. The predicted molar refractivity (Wildman–Crippen MR) is 117 cm³/mol. The first kappa shape index (κ1) is 20.0. The Labute approximate surface area is 180 Å². The van der Waals surface area contributed by atoms with Crippen molar-refractivity contribution < 1.29 is 14.3 Å². The number of esters is 1. The molecule has 0 radical (unpaired) electrons. The van der Waals surface area contributed by atoms with Gasteiger partial charge < -0.3 is 4.74 Å². The van der Waals surface area contributed by atoms with E-state index in [4.69, 9.17) is 4.74 Å². The van der Waals surface area contributed by atoms with Gasteiger partial charge in [0.1, 0.15) is 6.10 Å². The van der Waals surface area contributed by atoms with Gasteiger partial charge in [0.15, 0.2) is 5.78 Å². The van der Waals surface area contributed by atoms with Gasteiger partial charge in [-0.1, -0.05) is 42.8 Å². The Morgan fingerprint density at radius 2 is 1.83 bits per heavy atom. The van der Waals surface area contributed by atoms with Crippen molar-refractivity contribution in [3.63, 3.8) is 0 Å². The topological polar surface area (TPSA) is 43.4 Å². The van der Waals surface area contributed by atoms with Gasteiger partial charge in [-0.2, -0.15) is 0 Å². The lowest BCUT2D eigenvalue weighted by molar-refractivity contribution is -0.160. The molecule has 0 heterocycles. The van der Waals surface area contributed by atoms with E-state index < -0.39 is 0 Å². The minimum atomic E-state index is -0.215. The highest BCUT2D eigenvalue weighted by molar-refractivity contribution is 5.91. The number of hydrogen-bond donors (Lipinski definition) is 0. The molecule has 0 saturated heterocycles. The highest BCUT2D eigenvalue weighted by Gasteiger charge is 2.57. The monoisotopic (exact) mass is 406 g/mol. The highest BCUT2D eigenvalue weighted by Crippen LogP contribution is 2.62. The Balaban J connectivity index is 1.30. The molecule has 0 bridgehead atoms. The molecule has 3 heteroatoms. The van der Waals surface area contributed by atoms with Crippen molar-refractivity contribution in [1.82, 2.24) is 0 Å². The summed E-state index contributed by atoms with van der Waals surface area (Å²) in [6.45, 7) is 4.35. The number of rotatable bonds is 3. The van der Waals surface area contributed by atoms with Crippen molar-refractivity contribution in [3.05, 3.63) is 47.5 Å². The fourth-order valence-corrected chi connectivity index (χ4v) is 7.45. The van der Waals surface area contributed by atoms with E-state index >= 15 is 0 Å². The Hall–Kier alpha value is -1.90. The van der Waals surface area contributed by atoms with Crippen LogP contribution in [0.3, 0.4) is 0 Å². The second-order valence-electron chi connectivity index (χ2n) is 10.5. The van der Waals surface area contributed by atoms with Gasteiger partial charge >= 0.3 is 5.97 Å². The lowest BCUT2D eigenvalue weighted by atomic mass is 9.52. The molecule has 1 aromatic rings. The van der Waals surface area contributed by atoms with Gasteiger partial charge in [0.25, 0.3) is 0 Å². The summed E-state index contributed by atoms with van der Waals surface area (Å²) >= 11 is 0. The van der Waals surface area contributed by atoms with Crippen molar-refractivity contribution in [2.75, 3.05) is 0 Å². The van der Waals surface area contributed by atoms with E-state index in [9.17, 15) is 9.59 Å². The molecule has 4 aliphatic carbocycles. The lowest BCUT2D eigenvalue weighted by Crippen LogP contribution is -2.48. The number of ether oxygens (including phenoxy) is 1. The quantitative estimate of drug-likeness (QED) is 0.592. The van der Waals surface area contributed by atoms with E-state index in [1.54, 1.807) is 0 Å². The maximum atomic E-state index is 13.0. The van der Waals surface area contributed by atoms with Crippen LogP contribution in [-0.4, -0.2) is 17.9 Å². The number of allylic oxidation sites excluding steroid dienone is 1. The van der Waals surface area contributed by atoms with E-state index in [-0.39, 0.29) is 23.4 Å². The van der Waals surface area contributed by atoms with Crippen LogP contribution in [0, 0.1) is 29.1 Å². The normalized spacial score (nSPS) is 38.7. The molecule has 3 nitrogen and oxygen atoms in total. The number of hydrogen-bond acceptors (Lipinski definition) is 3. The van der Waals surface area contributed by atoms with Crippen molar-refractivity contribution in [2.24, 2.45) is 29.1 Å². The first-order valence-electron chi connectivity index (χ1n) is 12.0. The maximum Gasteiger partial charge on any atom is 0.313 e. The van der Waals surface area contributed by atoms with Gasteiger partial charge in [-0.15, -0.1) is 0 Å². The molecular formula is C27H34O3. The first-order chi connectivity index (χ1) is 14.5. The Bertz CT molecular complexity index is 856. The smallest absolute Gasteiger partial charge is 0.313 e. The van der Waals surface area contributed by atoms with Crippen LogP contribution in [0.4, 0.5) is 0 Å². The summed E-state index contributed by atoms with van der Waals surface area (Å²) in [6, 6.07) is 9.97. The molecule has 3 fully saturated rings. The van der Waals surface area contributed by atoms with Crippen LogP contribution >= 0.6 is 0 Å². The SMILES string of the molecule is CC(C(=O)O[C@H]1CC[C@H]2[C@@H]3CCC4=CC(=O)CC[C@@H]4[C@H]3CC[C@]12C)c1ccccc1. The average Bonchev–Trinajstić information content (AvgIpc) is 3.09. The van der Waals surface area contributed by atoms with Gasteiger partial charge in [0, 0.05) is 11.8 Å². The van der Waals surface area contributed by atoms with Gasteiger partial charge in [0.2, 0.25) is 0 Å². The van der Waals surface area contributed by atoms with E-state index in [1.165, 1.54) is 24.8 Å². The van der Waals surface area contributed by atoms with Gasteiger partial charge in [-0.25, -0.2) is 0 Å². The Morgan fingerprint density at radius 1 is 1.03 bits per heavy atom. The van der Waals surface area contributed by atoms with Crippen LogP contribution in [0.1, 0.15) is 76.7 Å². The van der Waals surface area contributed by atoms with Crippen LogP contribution in [0.25, 0.3) is 0 Å². The van der Waals surface area contributed by atoms with Crippen molar-refractivity contribution in [2.45, 2.75) is 77.2 Å². The van der Waals surface area contributed by atoms with Crippen molar-refractivity contribution in [1.29, 1.82) is 0 Å². The van der Waals surface area contributed by atoms with Crippen molar-refractivity contribution >= 4 is 11.8 Å². The van der Waals surface area contributed by atoms with E-state index in [0.29, 0.717) is 17.6 Å². The minimum Gasteiger partial charge on any atom is -0.461 e. The fraction of sp³-hybridized carbons (Fsp3) is 0.630. The molecule has 0 spiro atoms. The molecule has 3 saturated carbocycles. The van der Waals surface area contributed by atoms with Gasteiger partial charge in [0.05, 0.1) is 5.92 Å². The summed E-state index contributed by atoms with van der Waals surface area (Å²) in [5, 5.41) is 0. The summed E-state index contributed by atoms with van der Waals surface area (Å²) in [6.07, 6.45) is 10.7. The van der Waals surface area contributed by atoms with E-state index in [0.717, 1.165) is 49.5 Å². The number of benzene rings is 1. The van der Waals surface area contributed by atoms with E-state index in [2.05, 4.69) is 6.92 Å². The molecule has 30 heavy (non-hydrogen) atoms. The summed E-state index contributed by atoms with van der Waals surface area (Å²) in [5.41, 5.74) is 2.58. The molecule has 0 amide bonds. The molecule has 5 rings (SSSR count). The van der Waals surface area contributed by atoms with Crippen molar-refractivity contribution in [3.8, 4) is 0 Å². The molecule has 1 aromatic carbocycles.